The SMILES string of the molecule is COc1c(NCCN(C)C)cc(C(=O)Nc2nnc(N/C(C)=C\C=N)s2)oc1=O. The van der Waals surface area contributed by atoms with Gasteiger partial charge in [-0.05, 0) is 27.1 Å². The van der Waals surface area contributed by atoms with E-state index in [1.165, 1.54) is 13.2 Å². The van der Waals surface area contributed by atoms with Crippen molar-refractivity contribution in [3.63, 3.8) is 0 Å². The predicted octanol–water partition coefficient (Wildman–Crippen LogP) is 1.69. The highest BCUT2D eigenvalue weighted by Crippen LogP contribution is 2.24. The summed E-state index contributed by atoms with van der Waals surface area (Å²) in [6.07, 6.45) is 2.69. The number of nitrogens with zero attached hydrogens (tertiary/aromatic N) is 3. The zero-order chi connectivity index (χ0) is 21.4. The second-order valence-electron chi connectivity index (χ2n) is 6.08. The molecule has 0 fully saturated rings. The van der Waals surface area contributed by atoms with Crippen LogP contribution in [-0.4, -0.2) is 61.5 Å². The molecule has 0 unspecified atom stereocenters. The zero-order valence-electron chi connectivity index (χ0n) is 16.5. The van der Waals surface area contributed by atoms with E-state index in [0.717, 1.165) is 24.1 Å². The van der Waals surface area contributed by atoms with Crippen LogP contribution in [0.2, 0.25) is 0 Å². The van der Waals surface area contributed by atoms with Gasteiger partial charge in [-0.1, -0.05) is 11.3 Å². The molecule has 29 heavy (non-hydrogen) atoms. The van der Waals surface area contributed by atoms with Crippen LogP contribution in [0.25, 0.3) is 0 Å². The molecule has 0 spiro atoms. The number of rotatable bonds is 10. The number of hydrogen-bond acceptors (Lipinski definition) is 11. The number of likely N-dealkylation sites (N-methyl/N-ethyl adjacent to an activating group) is 1. The molecular formula is C17H23N7O4S. The molecule has 12 heteroatoms. The smallest absolute Gasteiger partial charge is 0.381 e. The standard InChI is InChI=1S/C17H23N7O4S/c1-10(5-6-18)20-16-22-23-17(29-16)21-14(25)12-9-11(19-7-8-24(2)3)13(27-4)15(26)28-12/h5-6,9,18-19H,7-8H2,1-4H3,(H,20,22)(H,21,23,25)/b10-5-,18-6?. The van der Waals surface area contributed by atoms with Crippen LogP contribution in [0.4, 0.5) is 16.0 Å². The fraction of sp³-hybridized carbons (Fsp3) is 0.353. The van der Waals surface area contributed by atoms with Crippen molar-refractivity contribution in [1.29, 1.82) is 5.41 Å². The third-order valence-corrected chi connectivity index (χ3v) is 4.25. The van der Waals surface area contributed by atoms with Crippen LogP contribution in [0.1, 0.15) is 17.5 Å². The highest BCUT2D eigenvalue weighted by Gasteiger charge is 2.18. The lowest BCUT2D eigenvalue weighted by molar-refractivity contribution is 0.0991. The molecule has 0 atom stereocenters. The van der Waals surface area contributed by atoms with Crippen molar-refractivity contribution in [3.05, 3.63) is 34.0 Å². The van der Waals surface area contributed by atoms with Gasteiger partial charge in [0, 0.05) is 31.1 Å². The summed E-state index contributed by atoms with van der Waals surface area (Å²) in [4.78, 5) is 26.6. The van der Waals surface area contributed by atoms with E-state index >= 15 is 0 Å². The largest absolute Gasteiger partial charge is 0.488 e. The van der Waals surface area contributed by atoms with Gasteiger partial charge in [0.1, 0.15) is 0 Å². The zero-order valence-corrected chi connectivity index (χ0v) is 17.3. The molecular weight excluding hydrogens is 398 g/mol. The lowest BCUT2D eigenvalue weighted by Gasteiger charge is -2.13. The van der Waals surface area contributed by atoms with Crippen molar-refractivity contribution in [2.75, 3.05) is 50.2 Å². The number of carbonyl (C=O) groups is 1. The summed E-state index contributed by atoms with van der Waals surface area (Å²) in [7, 11) is 5.20. The first-order chi connectivity index (χ1) is 13.8. The molecule has 0 aliphatic rings. The van der Waals surface area contributed by atoms with Gasteiger partial charge in [-0.3, -0.25) is 10.1 Å². The predicted molar refractivity (Wildman–Crippen MR) is 113 cm³/mol. The number of carbonyl (C=O) groups excluding carboxylic acids is 1. The Bertz CT molecular complexity index is 951. The minimum Gasteiger partial charge on any atom is -0.488 e. The first-order valence-electron chi connectivity index (χ1n) is 8.54. The van der Waals surface area contributed by atoms with E-state index in [1.807, 2.05) is 19.0 Å². The van der Waals surface area contributed by atoms with Crippen molar-refractivity contribution in [2.45, 2.75) is 6.92 Å². The number of amides is 1. The quantitative estimate of drug-likeness (QED) is 0.421. The summed E-state index contributed by atoms with van der Waals surface area (Å²) in [5.41, 5.74) is 0.297. The van der Waals surface area contributed by atoms with Gasteiger partial charge in [0.15, 0.2) is 5.76 Å². The van der Waals surface area contributed by atoms with Crippen LogP contribution in [0, 0.1) is 5.41 Å². The van der Waals surface area contributed by atoms with Crippen LogP contribution in [-0.2, 0) is 0 Å². The molecule has 1 amide bonds. The summed E-state index contributed by atoms with van der Waals surface area (Å²) in [5.74, 6) is -0.834. The molecule has 4 N–H and O–H groups in total. The minimum absolute atomic E-state index is 0.00355. The first kappa shape index (κ1) is 22.0. The van der Waals surface area contributed by atoms with Crippen molar-refractivity contribution < 1.29 is 13.9 Å². The lowest BCUT2D eigenvalue weighted by atomic mass is 10.3. The summed E-state index contributed by atoms with van der Waals surface area (Å²) in [5, 5.41) is 24.0. The van der Waals surface area contributed by atoms with Gasteiger partial charge in [0.05, 0.1) is 12.8 Å². The second-order valence-corrected chi connectivity index (χ2v) is 7.06. The van der Waals surface area contributed by atoms with Gasteiger partial charge in [0.2, 0.25) is 16.0 Å². The number of ether oxygens (including phenoxy) is 1. The van der Waals surface area contributed by atoms with E-state index in [9.17, 15) is 9.59 Å². The Morgan fingerprint density at radius 3 is 2.66 bits per heavy atom. The number of nitrogens with one attached hydrogen (secondary N) is 4. The summed E-state index contributed by atoms with van der Waals surface area (Å²) >= 11 is 1.10. The Kier molecular flexibility index (Phi) is 7.86. The Morgan fingerprint density at radius 1 is 1.34 bits per heavy atom. The number of aromatic nitrogens is 2. The Balaban J connectivity index is 2.15. The minimum atomic E-state index is -0.764. The number of methoxy groups -OCH3 is 1. The maximum atomic E-state index is 12.5. The molecule has 11 nitrogen and oxygen atoms in total. The van der Waals surface area contributed by atoms with Gasteiger partial charge in [-0.25, -0.2) is 4.79 Å². The number of anilines is 3. The summed E-state index contributed by atoms with van der Waals surface area (Å²) in [6, 6.07) is 1.41. The van der Waals surface area contributed by atoms with Gasteiger partial charge in [-0.15, -0.1) is 10.2 Å². The molecule has 156 valence electrons. The topological polar surface area (TPSA) is 145 Å². The van der Waals surface area contributed by atoms with Crippen LogP contribution in [0.5, 0.6) is 5.75 Å². The van der Waals surface area contributed by atoms with E-state index in [-0.39, 0.29) is 16.6 Å². The van der Waals surface area contributed by atoms with Gasteiger partial charge in [-0.2, -0.15) is 0 Å². The van der Waals surface area contributed by atoms with E-state index in [4.69, 9.17) is 14.6 Å². The first-order valence-corrected chi connectivity index (χ1v) is 9.35. The molecule has 2 aromatic heterocycles. The van der Waals surface area contributed by atoms with Gasteiger partial charge >= 0.3 is 5.63 Å². The average Bonchev–Trinajstić information content (AvgIpc) is 3.07. The Morgan fingerprint density at radius 2 is 2.03 bits per heavy atom. The van der Waals surface area contributed by atoms with Crippen molar-refractivity contribution in [3.8, 4) is 5.75 Å². The number of hydrogen-bond donors (Lipinski definition) is 4. The Labute approximate surface area is 171 Å². The number of allylic oxidation sites excluding steroid dienone is 2. The van der Waals surface area contributed by atoms with Crippen molar-refractivity contribution >= 4 is 39.4 Å². The fourth-order valence-corrected chi connectivity index (χ4v) is 2.85. The molecule has 0 aliphatic heterocycles. The third-order valence-electron chi connectivity index (χ3n) is 3.49. The molecule has 0 radical (unpaired) electrons. The van der Waals surface area contributed by atoms with Crippen LogP contribution in [0.3, 0.4) is 0 Å². The van der Waals surface area contributed by atoms with Crippen molar-refractivity contribution in [2.24, 2.45) is 0 Å². The van der Waals surface area contributed by atoms with Crippen LogP contribution in [0.15, 0.2) is 27.1 Å². The van der Waals surface area contributed by atoms with E-state index < -0.39 is 11.5 Å². The lowest BCUT2D eigenvalue weighted by Crippen LogP contribution is -2.22. The van der Waals surface area contributed by atoms with Gasteiger partial charge in [0.25, 0.3) is 5.91 Å². The molecule has 2 aromatic rings. The molecule has 0 aromatic carbocycles. The molecule has 0 saturated heterocycles. The highest BCUT2D eigenvalue weighted by atomic mass is 32.1. The molecule has 2 heterocycles. The maximum Gasteiger partial charge on any atom is 0.381 e. The average molecular weight is 421 g/mol. The monoisotopic (exact) mass is 421 g/mol. The van der Waals surface area contributed by atoms with E-state index in [2.05, 4.69) is 26.1 Å². The fourth-order valence-electron chi connectivity index (χ4n) is 2.15. The van der Waals surface area contributed by atoms with E-state index in [1.54, 1.807) is 13.0 Å². The molecule has 2 rings (SSSR count). The molecule has 0 aliphatic carbocycles. The molecule has 0 bridgehead atoms. The normalized spacial score (nSPS) is 11.3. The Hall–Kier alpha value is -3.25. The van der Waals surface area contributed by atoms with Crippen molar-refractivity contribution in [1.82, 2.24) is 15.1 Å². The highest BCUT2D eigenvalue weighted by molar-refractivity contribution is 7.19. The van der Waals surface area contributed by atoms with Gasteiger partial charge < -0.3 is 30.1 Å². The maximum absolute atomic E-state index is 12.5. The van der Waals surface area contributed by atoms with Crippen LogP contribution < -0.4 is 26.3 Å². The van der Waals surface area contributed by atoms with Crippen LogP contribution >= 0.6 is 11.3 Å². The molecule has 0 saturated carbocycles. The summed E-state index contributed by atoms with van der Waals surface area (Å²) in [6.45, 7) is 3.03. The van der Waals surface area contributed by atoms with E-state index in [0.29, 0.717) is 23.1 Å². The third kappa shape index (κ3) is 6.40. The second kappa shape index (κ2) is 10.3. The summed E-state index contributed by atoms with van der Waals surface area (Å²) < 4.78 is 10.2.